The Kier molecular flexibility index (Phi) is 4.79. The smallest absolute Gasteiger partial charge is 0.123 e. The number of hydrogen-bond donors (Lipinski definition) is 2. The van der Waals surface area contributed by atoms with Crippen LogP contribution in [0.25, 0.3) is 0 Å². The van der Waals surface area contributed by atoms with Crippen molar-refractivity contribution in [3.05, 3.63) is 53.1 Å². The number of hydrogen-bond acceptors (Lipinski definition) is 2. The van der Waals surface area contributed by atoms with Gasteiger partial charge in [0, 0.05) is 17.4 Å². The van der Waals surface area contributed by atoms with Crippen LogP contribution in [0.15, 0.2) is 36.7 Å². The molecular formula is C14H18ClN3. The van der Waals surface area contributed by atoms with Crippen LogP contribution in [-0.4, -0.2) is 16.5 Å². The SMILES string of the molecule is CCCNC(Cc1ccc(Cl)cc1)c1ncc[nH]1. The highest BCUT2D eigenvalue weighted by Crippen LogP contribution is 2.17. The third-order valence-electron chi connectivity index (χ3n) is 2.84. The van der Waals surface area contributed by atoms with Gasteiger partial charge in [-0.05, 0) is 37.1 Å². The molecule has 0 aliphatic heterocycles. The molecule has 0 bridgehead atoms. The molecule has 2 N–H and O–H groups in total. The summed E-state index contributed by atoms with van der Waals surface area (Å²) >= 11 is 5.90. The van der Waals surface area contributed by atoms with Crippen molar-refractivity contribution in [3.8, 4) is 0 Å². The summed E-state index contributed by atoms with van der Waals surface area (Å²) in [6.07, 6.45) is 5.66. The fourth-order valence-corrected chi connectivity index (χ4v) is 2.03. The lowest BCUT2D eigenvalue weighted by Gasteiger charge is -2.16. The number of H-pyrrole nitrogens is 1. The summed E-state index contributed by atoms with van der Waals surface area (Å²) in [5.74, 6) is 0.985. The summed E-state index contributed by atoms with van der Waals surface area (Å²) < 4.78 is 0. The van der Waals surface area contributed by atoms with Crippen molar-refractivity contribution in [1.82, 2.24) is 15.3 Å². The highest BCUT2D eigenvalue weighted by Gasteiger charge is 2.13. The largest absolute Gasteiger partial charge is 0.347 e. The molecule has 1 atom stereocenters. The Morgan fingerprint density at radius 3 is 2.72 bits per heavy atom. The number of aromatic nitrogens is 2. The molecule has 18 heavy (non-hydrogen) atoms. The lowest BCUT2D eigenvalue weighted by molar-refractivity contribution is 0.508. The van der Waals surface area contributed by atoms with E-state index in [1.54, 1.807) is 6.20 Å². The molecule has 1 unspecified atom stereocenters. The van der Waals surface area contributed by atoms with Gasteiger partial charge in [-0.15, -0.1) is 0 Å². The van der Waals surface area contributed by atoms with Crippen molar-refractivity contribution in [1.29, 1.82) is 0 Å². The summed E-state index contributed by atoms with van der Waals surface area (Å²) in [6, 6.07) is 8.20. The molecule has 1 aromatic heterocycles. The lowest BCUT2D eigenvalue weighted by Crippen LogP contribution is -2.25. The van der Waals surface area contributed by atoms with Crippen molar-refractivity contribution < 1.29 is 0 Å². The zero-order valence-corrected chi connectivity index (χ0v) is 11.2. The maximum atomic E-state index is 5.90. The van der Waals surface area contributed by atoms with Crippen LogP contribution >= 0.6 is 11.6 Å². The highest BCUT2D eigenvalue weighted by molar-refractivity contribution is 6.30. The molecule has 4 heteroatoms. The van der Waals surface area contributed by atoms with E-state index >= 15 is 0 Å². The van der Waals surface area contributed by atoms with Crippen LogP contribution in [0.4, 0.5) is 0 Å². The normalized spacial score (nSPS) is 12.6. The van der Waals surface area contributed by atoms with Crippen LogP contribution in [0.1, 0.15) is 30.8 Å². The van der Waals surface area contributed by atoms with Crippen LogP contribution < -0.4 is 5.32 Å². The molecule has 0 spiro atoms. The summed E-state index contributed by atoms with van der Waals surface area (Å²) in [5, 5.41) is 4.28. The fraction of sp³-hybridized carbons (Fsp3) is 0.357. The molecule has 1 heterocycles. The second kappa shape index (κ2) is 6.57. The standard InChI is InChI=1S/C14H18ClN3/c1-2-7-16-13(14-17-8-9-18-14)10-11-3-5-12(15)6-4-11/h3-6,8-9,13,16H,2,7,10H2,1H3,(H,17,18). The Balaban J connectivity index is 2.07. The minimum atomic E-state index is 0.223. The maximum absolute atomic E-state index is 5.90. The quantitative estimate of drug-likeness (QED) is 0.839. The van der Waals surface area contributed by atoms with Crippen molar-refractivity contribution in [2.45, 2.75) is 25.8 Å². The fourth-order valence-electron chi connectivity index (χ4n) is 1.91. The molecule has 0 radical (unpaired) electrons. The summed E-state index contributed by atoms with van der Waals surface area (Å²) in [7, 11) is 0. The Morgan fingerprint density at radius 2 is 2.11 bits per heavy atom. The van der Waals surface area contributed by atoms with E-state index in [1.807, 2.05) is 18.3 Å². The predicted molar refractivity (Wildman–Crippen MR) is 74.8 cm³/mol. The topological polar surface area (TPSA) is 40.7 Å². The Labute approximate surface area is 113 Å². The molecule has 2 rings (SSSR count). The first-order valence-corrected chi connectivity index (χ1v) is 6.64. The van der Waals surface area contributed by atoms with Gasteiger partial charge in [-0.1, -0.05) is 30.7 Å². The molecular weight excluding hydrogens is 246 g/mol. The number of aromatic amines is 1. The number of imidazole rings is 1. The van der Waals surface area contributed by atoms with E-state index in [2.05, 4.69) is 34.3 Å². The molecule has 0 saturated carbocycles. The zero-order valence-electron chi connectivity index (χ0n) is 10.5. The molecule has 2 aromatic rings. The first-order chi connectivity index (χ1) is 8.79. The first kappa shape index (κ1) is 13.1. The van der Waals surface area contributed by atoms with E-state index in [0.29, 0.717) is 0 Å². The minimum absolute atomic E-state index is 0.223. The monoisotopic (exact) mass is 263 g/mol. The molecule has 0 amide bonds. The van der Waals surface area contributed by atoms with Gasteiger partial charge in [0.2, 0.25) is 0 Å². The average molecular weight is 264 g/mol. The van der Waals surface area contributed by atoms with Crippen molar-refractivity contribution in [3.63, 3.8) is 0 Å². The number of halogens is 1. The van der Waals surface area contributed by atoms with Crippen LogP contribution in [-0.2, 0) is 6.42 Å². The molecule has 96 valence electrons. The molecule has 3 nitrogen and oxygen atoms in total. The van der Waals surface area contributed by atoms with E-state index in [4.69, 9.17) is 11.6 Å². The van der Waals surface area contributed by atoms with Crippen molar-refractivity contribution >= 4 is 11.6 Å². The van der Waals surface area contributed by atoms with Crippen LogP contribution in [0, 0.1) is 0 Å². The number of rotatable bonds is 6. The summed E-state index contributed by atoms with van der Waals surface area (Å²) in [6.45, 7) is 3.15. The molecule has 0 saturated heterocycles. The van der Waals surface area contributed by atoms with E-state index in [1.165, 1.54) is 5.56 Å². The summed E-state index contributed by atoms with van der Waals surface area (Å²) in [4.78, 5) is 7.52. The molecule has 0 aliphatic rings. The number of nitrogens with one attached hydrogen (secondary N) is 2. The zero-order chi connectivity index (χ0) is 12.8. The third kappa shape index (κ3) is 3.59. The Hall–Kier alpha value is -1.32. The van der Waals surface area contributed by atoms with Crippen LogP contribution in [0.2, 0.25) is 5.02 Å². The van der Waals surface area contributed by atoms with Crippen LogP contribution in [0.5, 0.6) is 0 Å². The van der Waals surface area contributed by atoms with Gasteiger partial charge in [0.25, 0.3) is 0 Å². The molecule has 0 fully saturated rings. The van der Waals surface area contributed by atoms with Gasteiger partial charge in [0.15, 0.2) is 0 Å². The van der Waals surface area contributed by atoms with Crippen LogP contribution in [0.3, 0.4) is 0 Å². The van der Waals surface area contributed by atoms with Gasteiger partial charge >= 0.3 is 0 Å². The summed E-state index contributed by atoms with van der Waals surface area (Å²) in [5.41, 5.74) is 1.25. The van der Waals surface area contributed by atoms with Gasteiger partial charge in [0.1, 0.15) is 5.82 Å². The van der Waals surface area contributed by atoms with E-state index in [-0.39, 0.29) is 6.04 Å². The third-order valence-corrected chi connectivity index (χ3v) is 3.10. The van der Waals surface area contributed by atoms with Gasteiger partial charge in [-0.2, -0.15) is 0 Å². The second-order valence-corrected chi connectivity index (χ2v) is 4.75. The van der Waals surface area contributed by atoms with E-state index < -0.39 is 0 Å². The average Bonchev–Trinajstić information content (AvgIpc) is 2.90. The van der Waals surface area contributed by atoms with Crippen molar-refractivity contribution in [2.24, 2.45) is 0 Å². The second-order valence-electron chi connectivity index (χ2n) is 4.31. The minimum Gasteiger partial charge on any atom is -0.347 e. The highest BCUT2D eigenvalue weighted by atomic mass is 35.5. The first-order valence-electron chi connectivity index (χ1n) is 6.26. The Morgan fingerprint density at radius 1 is 1.33 bits per heavy atom. The molecule has 1 aromatic carbocycles. The van der Waals surface area contributed by atoms with E-state index in [0.717, 1.165) is 30.2 Å². The van der Waals surface area contributed by atoms with E-state index in [9.17, 15) is 0 Å². The van der Waals surface area contributed by atoms with Gasteiger partial charge in [-0.3, -0.25) is 0 Å². The van der Waals surface area contributed by atoms with Gasteiger partial charge in [0.05, 0.1) is 6.04 Å². The number of nitrogens with zero attached hydrogens (tertiary/aromatic N) is 1. The van der Waals surface area contributed by atoms with Crippen molar-refractivity contribution in [2.75, 3.05) is 6.54 Å². The van der Waals surface area contributed by atoms with Gasteiger partial charge < -0.3 is 10.3 Å². The predicted octanol–water partition coefficient (Wildman–Crippen LogP) is 3.35. The lowest BCUT2D eigenvalue weighted by atomic mass is 10.1. The Bertz CT molecular complexity index is 450. The van der Waals surface area contributed by atoms with Gasteiger partial charge in [-0.25, -0.2) is 4.98 Å². The number of benzene rings is 1. The maximum Gasteiger partial charge on any atom is 0.123 e. The molecule has 0 aliphatic carbocycles.